The van der Waals surface area contributed by atoms with Crippen molar-refractivity contribution in [3.63, 3.8) is 0 Å². The minimum atomic E-state index is 0.227. The van der Waals surface area contributed by atoms with Gasteiger partial charge in [0.1, 0.15) is 0 Å². The van der Waals surface area contributed by atoms with Crippen molar-refractivity contribution in [2.24, 2.45) is 11.7 Å². The summed E-state index contributed by atoms with van der Waals surface area (Å²) in [6.45, 7) is 4.88. The molecule has 1 aromatic rings. The predicted molar refractivity (Wildman–Crippen MR) is 65.6 cm³/mol. The zero-order chi connectivity index (χ0) is 10.6. The molecule has 0 saturated heterocycles. The van der Waals surface area contributed by atoms with Gasteiger partial charge >= 0.3 is 0 Å². The molecule has 1 rings (SSSR count). The van der Waals surface area contributed by atoms with Gasteiger partial charge in [-0.3, -0.25) is 0 Å². The second kappa shape index (κ2) is 4.96. The molecule has 76 valence electrons. The van der Waals surface area contributed by atoms with E-state index >= 15 is 0 Å². The molecule has 14 heavy (non-hydrogen) atoms. The summed E-state index contributed by atoms with van der Waals surface area (Å²) >= 11 is 4.90. The number of hydrogen-bond acceptors (Lipinski definition) is 2. The summed E-state index contributed by atoms with van der Waals surface area (Å²) in [5.41, 5.74) is 7.89. The molecule has 0 amide bonds. The zero-order valence-electron chi connectivity index (χ0n) is 8.58. The third kappa shape index (κ3) is 3.34. The molecular weight excluding hydrogens is 192 g/mol. The molecular formula is C11H16N2S. The van der Waals surface area contributed by atoms with E-state index in [1.54, 1.807) is 0 Å². The number of nitrogens with two attached hydrogens (primary N) is 1. The van der Waals surface area contributed by atoms with E-state index in [9.17, 15) is 0 Å². The molecule has 0 heterocycles. The number of hydrogen-bond donors (Lipinski definition) is 2. The van der Waals surface area contributed by atoms with Crippen LogP contribution in [-0.2, 0) is 0 Å². The molecule has 1 atom stereocenters. The van der Waals surface area contributed by atoms with E-state index in [1.165, 1.54) is 5.56 Å². The zero-order valence-corrected chi connectivity index (χ0v) is 9.40. The molecule has 0 aromatic heterocycles. The fraction of sp³-hybridized carbons (Fsp3) is 0.364. The van der Waals surface area contributed by atoms with Crippen LogP contribution in [0.4, 0.5) is 5.69 Å². The molecule has 2 nitrogen and oxygen atoms in total. The number of benzene rings is 1. The highest BCUT2D eigenvalue weighted by Gasteiger charge is 2.03. The Morgan fingerprint density at radius 1 is 1.57 bits per heavy atom. The van der Waals surface area contributed by atoms with Crippen LogP contribution in [0.15, 0.2) is 24.3 Å². The topological polar surface area (TPSA) is 38.0 Å². The Hall–Kier alpha value is -1.09. The van der Waals surface area contributed by atoms with Gasteiger partial charge in [-0.05, 0) is 24.6 Å². The summed E-state index contributed by atoms with van der Waals surface area (Å²) in [6, 6.07) is 8.25. The van der Waals surface area contributed by atoms with Gasteiger partial charge in [0.2, 0.25) is 0 Å². The number of rotatable bonds is 4. The van der Waals surface area contributed by atoms with Crippen LogP contribution in [0, 0.1) is 12.8 Å². The van der Waals surface area contributed by atoms with Gasteiger partial charge in [-0.1, -0.05) is 31.3 Å². The van der Waals surface area contributed by atoms with Crippen LogP contribution >= 0.6 is 12.2 Å². The van der Waals surface area contributed by atoms with Crippen molar-refractivity contribution in [3.8, 4) is 0 Å². The van der Waals surface area contributed by atoms with Gasteiger partial charge < -0.3 is 11.1 Å². The van der Waals surface area contributed by atoms with Gasteiger partial charge in [0.25, 0.3) is 0 Å². The van der Waals surface area contributed by atoms with Crippen LogP contribution in [-0.4, -0.2) is 11.5 Å². The lowest BCUT2D eigenvalue weighted by Gasteiger charge is -2.12. The van der Waals surface area contributed by atoms with Gasteiger partial charge in [0.15, 0.2) is 0 Å². The number of nitrogens with one attached hydrogen (secondary N) is 1. The van der Waals surface area contributed by atoms with E-state index in [-0.39, 0.29) is 5.92 Å². The molecule has 0 radical (unpaired) electrons. The Morgan fingerprint density at radius 2 is 2.29 bits per heavy atom. The van der Waals surface area contributed by atoms with Gasteiger partial charge in [0.05, 0.1) is 4.99 Å². The van der Waals surface area contributed by atoms with E-state index in [1.807, 2.05) is 19.1 Å². The summed E-state index contributed by atoms with van der Waals surface area (Å²) in [7, 11) is 0. The minimum absolute atomic E-state index is 0.227. The van der Waals surface area contributed by atoms with Gasteiger partial charge in [0, 0.05) is 18.2 Å². The smallest absolute Gasteiger partial charge is 0.0773 e. The molecule has 3 N–H and O–H groups in total. The first-order valence-corrected chi connectivity index (χ1v) is 5.10. The fourth-order valence-corrected chi connectivity index (χ4v) is 1.21. The first-order valence-electron chi connectivity index (χ1n) is 4.69. The van der Waals surface area contributed by atoms with E-state index in [2.05, 4.69) is 24.4 Å². The first-order chi connectivity index (χ1) is 6.59. The fourth-order valence-electron chi connectivity index (χ4n) is 1.13. The predicted octanol–water partition coefficient (Wildman–Crippen LogP) is 2.33. The normalized spacial score (nSPS) is 12.1. The Kier molecular flexibility index (Phi) is 3.89. The highest BCUT2D eigenvalue weighted by Crippen LogP contribution is 2.10. The number of aryl methyl sites for hydroxylation is 1. The molecule has 1 unspecified atom stereocenters. The molecule has 0 aliphatic heterocycles. The van der Waals surface area contributed by atoms with Crippen LogP contribution < -0.4 is 11.1 Å². The van der Waals surface area contributed by atoms with Gasteiger partial charge in [-0.25, -0.2) is 0 Å². The highest BCUT2D eigenvalue weighted by atomic mass is 32.1. The highest BCUT2D eigenvalue weighted by molar-refractivity contribution is 7.80. The van der Waals surface area contributed by atoms with Crippen LogP contribution in [0.2, 0.25) is 0 Å². The lowest BCUT2D eigenvalue weighted by atomic mass is 10.1. The van der Waals surface area contributed by atoms with Crippen LogP contribution in [0.25, 0.3) is 0 Å². The summed E-state index contributed by atoms with van der Waals surface area (Å²) in [4.78, 5) is 0.560. The lowest BCUT2D eigenvalue weighted by Crippen LogP contribution is -2.25. The Balaban J connectivity index is 2.49. The van der Waals surface area contributed by atoms with E-state index < -0.39 is 0 Å². The summed E-state index contributed by atoms with van der Waals surface area (Å²) in [5, 5.41) is 3.30. The van der Waals surface area contributed by atoms with Crippen molar-refractivity contribution in [2.45, 2.75) is 13.8 Å². The monoisotopic (exact) mass is 208 g/mol. The largest absolute Gasteiger partial charge is 0.393 e. The van der Waals surface area contributed by atoms with Crippen molar-refractivity contribution < 1.29 is 0 Å². The van der Waals surface area contributed by atoms with Crippen molar-refractivity contribution in [1.82, 2.24) is 0 Å². The Bertz CT molecular complexity index is 323. The first kappa shape index (κ1) is 11.0. The molecule has 0 fully saturated rings. The van der Waals surface area contributed by atoms with E-state index in [4.69, 9.17) is 18.0 Å². The van der Waals surface area contributed by atoms with Crippen LogP contribution in [0.1, 0.15) is 12.5 Å². The lowest BCUT2D eigenvalue weighted by molar-refractivity contribution is 0.821. The van der Waals surface area contributed by atoms with Crippen molar-refractivity contribution in [1.29, 1.82) is 0 Å². The summed E-state index contributed by atoms with van der Waals surface area (Å²) in [6.07, 6.45) is 0. The minimum Gasteiger partial charge on any atom is -0.393 e. The number of thiocarbonyl (C=S) groups is 1. The molecule has 0 aliphatic carbocycles. The second-order valence-electron chi connectivity index (χ2n) is 3.55. The van der Waals surface area contributed by atoms with Crippen molar-refractivity contribution in [3.05, 3.63) is 29.8 Å². The molecule has 0 bridgehead atoms. The molecule has 1 aromatic carbocycles. The third-order valence-electron chi connectivity index (χ3n) is 2.12. The molecule has 0 spiro atoms. The SMILES string of the molecule is Cc1cccc(NCC(C)C(N)=S)c1. The second-order valence-corrected chi connectivity index (χ2v) is 4.03. The van der Waals surface area contributed by atoms with E-state index in [0.717, 1.165) is 12.2 Å². The molecule has 0 aliphatic rings. The average Bonchev–Trinajstić information content (AvgIpc) is 2.14. The van der Waals surface area contributed by atoms with Gasteiger partial charge in [-0.2, -0.15) is 0 Å². The van der Waals surface area contributed by atoms with Gasteiger partial charge in [-0.15, -0.1) is 0 Å². The van der Waals surface area contributed by atoms with Crippen LogP contribution in [0.3, 0.4) is 0 Å². The molecule has 0 saturated carbocycles. The summed E-state index contributed by atoms with van der Waals surface area (Å²) in [5.74, 6) is 0.227. The maximum Gasteiger partial charge on any atom is 0.0773 e. The quantitative estimate of drug-likeness (QED) is 0.746. The Labute approximate surface area is 90.5 Å². The standard InChI is InChI=1S/C11H16N2S/c1-8-4-3-5-10(6-8)13-7-9(2)11(12)14/h3-6,9,13H,7H2,1-2H3,(H2,12,14). The maximum atomic E-state index is 5.52. The Morgan fingerprint density at radius 3 is 2.86 bits per heavy atom. The van der Waals surface area contributed by atoms with Crippen molar-refractivity contribution >= 4 is 22.9 Å². The van der Waals surface area contributed by atoms with Crippen molar-refractivity contribution in [2.75, 3.05) is 11.9 Å². The summed E-state index contributed by atoms with van der Waals surface area (Å²) < 4.78 is 0. The van der Waals surface area contributed by atoms with Crippen LogP contribution in [0.5, 0.6) is 0 Å². The number of anilines is 1. The molecule has 3 heteroatoms. The average molecular weight is 208 g/mol. The maximum absolute atomic E-state index is 5.52. The third-order valence-corrected chi connectivity index (χ3v) is 2.52. The van der Waals surface area contributed by atoms with E-state index in [0.29, 0.717) is 4.99 Å².